The van der Waals surface area contributed by atoms with E-state index >= 15 is 0 Å². The Bertz CT molecular complexity index is 795. The van der Waals surface area contributed by atoms with Gasteiger partial charge in [0.15, 0.2) is 11.5 Å². The summed E-state index contributed by atoms with van der Waals surface area (Å²) in [6.45, 7) is 5.85. The Morgan fingerprint density at radius 1 is 1.19 bits per heavy atom. The average molecular weight is 356 g/mol. The lowest BCUT2D eigenvalue weighted by molar-refractivity contribution is -0.131. The molecule has 3 heterocycles. The van der Waals surface area contributed by atoms with Crippen molar-refractivity contribution in [3.63, 3.8) is 0 Å². The molecular formula is C20H24N2O4. The minimum absolute atomic E-state index is 0.0834. The van der Waals surface area contributed by atoms with Gasteiger partial charge in [-0.2, -0.15) is 0 Å². The highest BCUT2D eigenvalue weighted by molar-refractivity contribution is 5.80. The summed E-state index contributed by atoms with van der Waals surface area (Å²) in [6, 6.07) is 6.14. The maximum Gasteiger partial charge on any atom is 0.227 e. The quantitative estimate of drug-likeness (QED) is 0.844. The molecule has 1 saturated heterocycles. The molecule has 6 nitrogen and oxygen atoms in total. The van der Waals surface area contributed by atoms with Crippen LogP contribution in [0.25, 0.3) is 0 Å². The number of likely N-dealkylation sites (tertiary alicyclic amines) is 1. The molecule has 1 aromatic carbocycles. The standard InChI is InChI=1S/C20H24N2O4/c1-13-16(14(2)26-21-13)12-20(23)22-8-3-5-17(22)15-6-7-18-19(11-15)25-10-4-9-24-18/h6-7,11,17H,3-5,8-10,12H2,1-2H3. The fourth-order valence-corrected chi connectivity index (χ4v) is 3.81. The van der Waals surface area contributed by atoms with Gasteiger partial charge in [0.05, 0.1) is 31.4 Å². The molecule has 0 radical (unpaired) electrons. The van der Waals surface area contributed by atoms with Crippen LogP contribution in [0.4, 0.5) is 0 Å². The summed E-state index contributed by atoms with van der Waals surface area (Å²) in [7, 11) is 0. The monoisotopic (exact) mass is 356 g/mol. The molecule has 4 rings (SSSR count). The fraction of sp³-hybridized carbons (Fsp3) is 0.500. The van der Waals surface area contributed by atoms with Gasteiger partial charge in [0.2, 0.25) is 5.91 Å². The number of carbonyl (C=O) groups excluding carboxylic acids is 1. The van der Waals surface area contributed by atoms with Crippen LogP contribution in [0.15, 0.2) is 22.7 Å². The van der Waals surface area contributed by atoms with Crippen molar-refractivity contribution >= 4 is 5.91 Å². The minimum Gasteiger partial charge on any atom is -0.490 e. The number of carbonyl (C=O) groups is 1. The van der Waals surface area contributed by atoms with Crippen LogP contribution in [0.2, 0.25) is 0 Å². The number of aromatic nitrogens is 1. The first-order chi connectivity index (χ1) is 12.6. The summed E-state index contributed by atoms with van der Waals surface area (Å²) < 4.78 is 16.7. The first kappa shape index (κ1) is 16.9. The second-order valence-corrected chi connectivity index (χ2v) is 6.98. The SMILES string of the molecule is Cc1noc(C)c1CC(=O)N1CCCC1c1ccc2c(c1)OCCCO2. The first-order valence-corrected chi connectivity index (χ1v) is 9.24. The van der Waals surface area contributed by atoms with Crippen molar-refractivity contribution in [2.75, 3.05) is 19.8 Å². The highest BCUT2D eigenvalue weighted by Crippen LogP contribution is 2.38. The Morgan fingerprint density at radius 2 is 2.00 bits per heavy atom. The van der Waals surface area contributed by atoms with E-state index in [0.29, 0.717) is 19.6 Å². The maximum absolute atomic E-state index is 12.9. The normalized spacial score (nSPS) is 19.5. The van der Waals surface area contributed by atoms with E-state index in [-0.39, 0.29) is 11.9 Å². The van der Waals surface area contributed by atoms with E-state index in [9.17, 15) is 4.79 Å². The molecule has 0 saturated carbocycles. The van der Waals surface area contributed by atoms with Gasteiger partial charge < -0.3 is 18.9 Å². The average Bonchev–Trinajstić information content (AvgIpc) is 3.16. The van der Waals surface area contributed by atoms with Gasteiger partial charge >= 0.3 is 0 Å². The molecule has 1 unspecified atom stereocenters. The van der Waals surface area contributed by atoms with E-state index in [2.05, 4.69) is 11.2 Å². The van der Waals surface area contributed by atoms with Crippen molar-refractivity contribution in [2.24, 2.45) is 0 Å². The second kappa shape index (κ2) is 7.02. The fourth-order valence-electron chi connectivity index (χ4n) is 3.81. The highest BCUT2D eigenvalue weighted by atomic mass is 16.5. The molecule has 0 spiro atoms. The topological polar surface area (TPSA) is 64.8 Å². The summed E-state index contributed by atoms with van der Waals surface area (Å²) >= 11 is 0. The van der Waals surface area contributed by atoms with Crippen LogP contribution in [0.3, 0.4) is 0 Å². The van der Waals surface area contributed by atoms with Gasteiger partial charge in [-0.05, 0) is 44.4 Å². The number of hydrogen-bond donors (Lipinski definition) is 0. The Kier molecular flexibility index (Phi) is 4.57. The van der Waals surface area contributed by atoms with Gasteiger partial charge in [-0.3, -0.25) is 4.79 Å². The maximum atomic E-state index is 12.9. The highest BCUT2D eigenvalue weighted by Gasteiger charge is 2.31. The molecule has 0 aliphatic carbocycles. The van der Waals surface area contributed by atoms with Crippen LogP contribution in [0.5, 0.6) is 11.5 Å². The molecule has 2 aromatic rings. The number of ether oxygens (including phenoxy) is 2. The number of rotatable bonds is 3. The van der Waals surface area contributed by atoms with Crippen LogP contribution >= 0.6 is 0 Å². The lowest BCUT2D eigenvalue weighted by Crippen LogP contribution is -2.32. The van der Waals surface area contributed by atoms with Crippen molar-refractivity contribution in [1.29, 1.82) is 0 Å². The molecular weight excluding hydrogens is 332 g/mol. The molecule has 6 heteroatoms. The predicted octanol–water partition coefficient (Wildman–Crippen LogP) is 3.36. The van der Waals surface area contributed by atoms with Crippen LogP contribution in [-0.2, 0) is 11.2 Å². The van der Waals surface area contributed by atoms with Gasteiger partial charge in [-0.25, -0.2) is 0 Å². The number of fused-ring (bicyclic) bond motifs is 1. The molecule has 2 aliphatic heterocycles. The summed E-state index contributed by atoms with van der Waals surface area (Å²) in [6.07, 6.45) is 3.19. The summed E-state index contributed by atoms with van der Waals surface area (Å²) in [4.78, 5) is 14.9. The molecule has 26 heavy (non-hydrogen) atoms. The molecule has 1 atom stereocenters. The largest absolute Gasteiger partial charge is 0.490 e. The van der Waals surface area contributed by atoms with Gasteiger partial charge in [-0.15, -0.1) is 0 Å². The molecule has 1 amide bonds. The molecule has 1 fully saturated rings. The van der Waals surface area contributed by atoms with Crippen molar-refractivity contribution in [1.82, 2.24) is 10.1 Å². The number of amides is 1. The Balaban J connectivity index is 1.55. The summed E-state index contributed by atoms with van der Waals surface area (Å²) in [5.41, 5.74) is 2.81. The van der Waals surface area contributed by atoms with E-state index in [0.717, 1.165) is 59.9 Å². The Hall–Kier alpha value is -2.50. The number of benzene rings is 1. The molecule has 1 aromatic heterocycles. The van der Waals surface area contributed by atoms with Crippen molar-refractivity contribution in [3.05, 3.63) is 40.8 Å². The van der Waals surface area contributed by atoms with Crippen LogP contribution in [0.1, 0.15) is 47.9 Å². The second-order valence-electron chi connectivity index (χ2n) is 6.98. The first-order valence-electron chi connectivity index (χ1n) is 9.24. The van der Waals surface area contributed by atoms with E-state index in [4.69, 9.17) is 14.0 Å². The third-order valence-corrected chi connectivity index (χ3v) is 5.24. The van der Waals surface area contributed by atoms with Crippen molar-refractivity contribution in [2.45, 2.75) is 45.6 Å². The van der Waals surface area contributed by atoms with Crippen LogP contribution in [-0.4, -0.2) is 35.7 Å². The molecule has 0 N–H and O–H groups in total. The van der Waals surface area contributed by atoms with Gasteiger partial charge in [-0.1, -0.05) is 11.2 Å². The molecule has 0 bridgehead atoms. The van der Waals surface area contributed by atoms with E-state index in [1.807, 2.05) is 30.9 Å². The predicted molar refractivity (Wildman–Crippen MR) is 95.4 cm³/mol. The van der Waals surface area contributed by atoms with Crippen LogP contribution in [0, 0.1) is 13.8 Å². The zero-order chi connectivity index (χ0) is 18.1. The van der Waals surface area contributed by atoms with E-state index in [1.54, 1.807) is 0 Å². The van der Waals surface area contributed by atoms with Gasteiger partial charge in [0.25, 0.3) is 0 Å². The lowest BCUT2D eigenvalue weighted by atomic mass is 10.0. The summed E-state index contributed by atoms with van der Waals surface area (Å²) in [5.74, 6) is 2.42. The minimum atomic E-state index is 0.0834. The third-order valence-electron chi connectivity index (χ3n) is 5.24. The third kappa shape index (κ3) is 3.16. The number of aryl methyl sites for hydroxylation is 2. The van der Waals surface area contributed by atoms with Crippen LogP contribution < -0.4 is 9.47 Å². The van der Waals surface area contributed by atoms with Gasteiger partial charge in [0, 0.05) is 18.5 Å². The Labute approximate surface area is 153 Å². The zero-order valence-corrected chi connectivity index (χ0v) is 15.3. The van der Waals surface area contributed by atoms with Gasteiger partial charge in [0.1, 0.15) is 5.76 Å². The number of nitrogens with zero attached hydrogens (tertiary/aromatic N) is 2. The smallest absolute Gasteiger partial charge is 0.227 e. The number of hydrogen-bond acceptors (Lipinski definition) is 5. The van der Waals surface area contributed by atoms with E-state index < -0.39 is 0 Å². The van der Waals surface area contributed by atoms with Crippen molar-refractivity contribution in [3.8, 4) is 11.5 Å². The summed E-state index contributed by atoms with van der Waals surface area (Å²) in [5, 5.41) is 3.95. The molecule has 138 valence electrons. The zero-order valence-electron chi connectivity index (χ0n) is 15.3. The lowest BCUT2D eigenvalue weighted by Gasteiger charge is -2.26. The van der Waals surface area contributed by atoms with Crippen molar-refractivity contribution < 1.29 is 18.8 Å². The van der Waals surface area contributed by atoms with E-state index in [1.165, 1.54) is 0 Å². The Morgan fingerprint density at radius 3 is 2.77 bits per heavy atom. The molecule has 2 aliphatic rings.